The van der Waals surface area contributed by atoms with Gasteiger partial charge >= 0.3 is 7.12 Å². The van der Waals surface area contributed by atoms with Crippen LogP contribution in [0.4, 0.5) is 8.78 Å². The van der Waals surface area contributed by atoms with Crippen molar-refractivity contribution in [2.75, 3.05) is 0 Å². The molecule has 0 aliphatic heterocycles. The number of hydrogen-bond donors (Lipinski definition) is 2. The second-order valence-electron chi connectivity index (χ2n) is 4.42. The third-order valence-electron chi connectivity index (χ3n) is 2.90. The van der Waals surface area contributed by atoms with Crippen LogP contribution in [0.25, 0.3) is 0 Å². The number of halogens is 2. The molecule has 0 unspecified atom stereocenters. The Morgan fingerprint density at radius 2 is 1.80 bits per heavy atom. The van der Waals surface area contributed by atoms with Crippen molar-refractivity contribution in [2.45, 2.75) is 13.5 Å². The molecule has 0 radical (unpaired) electrons. The molecular formula is C14H13BF2O3. The van der Waals surface area contributed by atoms with E-state index < -0.39 is 12.9 Å². The molecule has 0 amide bonds. The topological polar surface area (TPSA) is 49.7 Å². The van der Waals surface area contributed by atoms with Gasteiger partial charge in [0.1, 0.15) is 24.0 Å². The summed E-state index contributed by atoms with van der Waals surface area (Å²) in [6, 6.07) is 8.14. The zero-order valence-electron chi connectivity index (χ0n) is 10.8. The molecule has 104 valence electrons. The van der Waals surface area contributed by atoms with E-state index in [2.05, 4.69) is 0 Å². The van der Waals surface area contributed by atoms with Crippen LogP contribution in [-0.4, -0.2) is 17.2 Å². The fraction of sp³-hybridized carbons (Fsp3) is 0.143. The molecule has 0 saturated heterocycles. The molecule has 0 aromatic heterocycles. The van der Waals surface area contributed by atoms with Crippen molar-refractivity contribution in [3.05, 3.63) is 59.2 Å². The van der Waals surface area contributed by atoms with Crippen molar-refractivity contribution in [1.29, 1.82) is 0 Å². The normalized spacial score (nSPS) is 10.4. The summed E-state index contributed by atoms with van der Waals surface area (Å²) in [5.41, 5.74) is 0.793. The Kier molecular flexibility index (Phi) is 4.37. The second-order valence-corrected chi connectivity index (χ2v) is 4.42. The van der Waals surface area contributed by atoms with Gasteiger partial charge in [0, 0.05) is 5.56 Å². The van der Waals surface area contributed by atoms with E-state index in [0.29, 0.717) is 11.3 Å². The summed E-state index contributed by atoms with van der Waals surface area (Å²) in [5.74, 6) is -0.478. The minimum absolute atomic E-state index is 0.0291. The molecule has 20 heavy (non-hydrogen) atoms. The van der Waals surface area contributed by atoms with Gasteiger partial charge < -0.3 is 14.8 Å². The summed E-state index contributed by atoms with van der Waals surface area (Å²) < 4.78 is 32.2. The maximum atomic E-state index is 13.7. The average Bonchev–Trinajstić information content (AvgIpc) is 2.41. The Morgan fingerprint density at radius 3 is 2.40 bits per heavy atom. The van der Waals surface area contributed by atoms with Crippen LogP contribution in [0, 0.1) is 18.6 Å². The van der Waals surface area contributed by atoms with Gasteiger partial charge in [0.25, 0.3) is 0 Å². The van der Waals surface area contributed by atoms with Gasteiger partial charge in [0.15, 0.2) is 0 Å². The third kappa shape index (κ3) is 3.34. The second kappa shape index (κ2) is 6.03. The van der Waals surface area contributed by atoms with E-state index >= 15 is 0 Å². The van der Waals surface area contributed by atoms with Gasteiger partial charge in [-0.25, -0.2) is 8.78 Å². The first kappa shape index (κ1) is 14.5. The first-order chi connectivity index (χ1) is 9.47. The van der Waals surface area contributed by atoms with Crippen molar-refractivity contribution >= 4 is 12.6 Å². The summed E-state index contributed by atoms with van der Waals surface area (Å²) in [7, 11) is -1.71. The zero-order chi connectivity index (χ0) is 14.7. The van der Waals surface area contributed by atoms with Crippen LogP contribution in [0.5, 0.6) is 5.75 Å². The van der Waals surface area contributed by atoms with E-state index in [9.17, 15) is 8.78 Å². The van der Waals surface area contributed by atoms with E-state index in [4.69, 9.17) is 14.8 Å². The summed E-state index contributed by atoms with van der Waals surface area (Å²) >= 11 is 0. The van der Waals surface area contributed by atoms with Crippen LogP contribution in [0.1, 0.15) is 11.1 Å². The van der Waals surface area contributed by atoms with Gasteiger partial charge in [-0.3, -0.25) is 0 Å². The van der Waals surface area contributed by atoms with Crippen LogP contribution in [0.15, 0.2) is 36.4 Å². The maximum absolute atomic E-state index is 13.7. The summed E-state index contributed by atoms with van der Waals surface area (Å²) in [5, 5.41) is 17.9. The quantitative estimate of drug-likeness (QED) is 0.834. The number of benzene rings is 2. The molecular weight excluding hydrogens is 265 g/mol. The lowest BCUT2D eigenvalue weighted by atomic mass is 9.80. The SMILES string of the molecule is Cc1cc(OCc2ccc(B(O)O)cc2F)ccc1F. The third-order valence-corrected chi connectivity index (χ3v) is 2.90. The Labute approximate surface area is 115 Å². The van der Waals surface area contributed by atoms with Crippen molar-refractivity contribution in [2.24, 2.45) is 0 Å². The Morgan fingerprint density at radius 1 is 1.05 bits per heavy atom. The van der Waals surface area contributed by atoms with Gasteiger partial charge in [-0.15, -0.1) is 0 Å². The minimum Gasteiger partial charge on any atom is -0.489 e. The van der Waals surface area contributed by atoms with Crippen molar-refractivity contribution in [3.63, 3.8) is 0 Å². The standard InChI is InChI=1S/C14H13BF2O3/c1-9-6-12(4-5-13(9)16)20-8-10-2-3-11(15(18)19)7-14(10)17/h2-7,18-19H,8H2,1H3. The minimum atomic E-state index is -1.71. The van der Waals surface area contributed by atoms with E-state index in [1.54, 1.807) is 6.92 Å². The summed E-state index contributed by atoms with van der Waals surface area (Å²) in [6.07, 6.45) is 0. The van der Waals surface area contributed by atoms with E-state index in [1.807, 2.05) is 0 Å². The lowest BCUT2D eigenvalue weighted by Crippen LogP contribution is -2.30. The smallest absolute Gasteiger partial charge is 0.488 e. The highest BCUT2D eigenvalue weighted by atomic mass is 19.1. The molecule has 2 aromatic rings. The fourth-order valence-electron chi connectivity index (χ4n) is 1.71. The van der Waals surface area contributed by atoms with Gasteiger partial charge in [0.05, 0.1) is 0 Å². The van der Waals surface area contributed by atoms with Crippen molar-refractivity contribution < 1.29 is 23.6 Å². The first-order valence-corrected chi connectivity index (χ1v) is 6.01. The number of aryl methyl sites for hydroxylation is 1. The molecule has 6 heteroatoms. The van der Waals surface area contributed by atoms with Crippen molar-refractivity contribution in [3.8, 4) is 5.75 Å². The highest BCUT2D eigenvalue weighted by Gasteiger charge is 2.13. The molecule has 0 fully saturated rings. The van der Waals surface area contributed by atoms with Crippen LogP contribution in [0.2, 0.25) is 0 Å². The highest BCUT2D eigenvalue weighted by molar-refractivity contribution is 6.58. The lowest BCUT2D eigenvalue weighted by molar-refractivity contribution is 0.299. The number of hydrogen-bond acceptors (Lipinski definition) is 3. The monoisotopic (exact) mass is 278 g/mol. The highest BCUT2D eigenvalue weighted by Crippen LogP contribution is 2.18. The molecule has 0 aliphatic carbocycles. The molecule has 0 saturated carbocycles. The molecule has 0 bridgehead atoms. The lowest BCUT2D eigenvalue weighted by Gasteiger charge is -2.09. The van der Waals surface area contributed by atoms with Crippen LogP contribution in [-0.2, 0) is 6.61 Å². The Hall–Kier alpha value is -1.92. The first-order valence-electron chi connectivity index (χ1n) is 6.01. The van der Waals surface area contributed by atoms with E-state index in [1.165, 1.54) is 30.3 Å². The van der Waals surface area contributed by atoms with Crippen LogP contribution >= 0.6 is 0 Å². The molecule has 0 spiro atoms. The van der Waals surface area contributed by atoms with Crippen LogP contribution < -0.4 is 10.2 Å². The molecule has 2 aromatic carbocycles. The van der Waals surface area contributed by atoms with Gasteiger partial charge in [0.2, 0.25) is 0 Å². The predicted octanol–water partition coefficient (Wildman–Crippen LogP) is 1.53. The molecule has 0 atom stereocenters. The Bertz CT molecular complexity index is 617. The number of rotatable bonds is 4. The molecule has 0 aliphatic rings. The fourth-order valence-corrected chi connectivity index (χ4v) is 1.71. The predicted molar refractivity (Wildman–Crippen MR) is 71.7 cm³/mol. The van der Waals surface area contributed by atoms with Crippen molar-refractivity contribution in [1.82, 2.24) is 0 Å². The molecule has 2 N–H and O–H groups in total. The number of ether oxygens (including phenoxy) is 1. The Balaban J connectivity index is 2.09. The molecule has 3 nitrogen and oxygen atoms in total. The maximum Gasteiger partial charge on any atom is 0.488 e. The van der Waals surface area contributed by atoms with E-state index in [0.717, 1.165) is 6.07 Å². The van der Waals surface area contributed by atoms with Gasteiger partial charge in [-0.1, -0.05) is 12.1 Å². The summed E-state index contributed by atoms with van der Waals surface area (Å²) in [4.78, 5) is 0. The average molecular weight is 278 g/mol. The zero-order valence-corrected chi connectivity index (χ0v) is 10.8. The summed E-state index contributed by atoms with van der Waals surface area (Å²) in [6.45, 7) is 1.58. The van der Waals surface area contributed by atoms with E-state index in [-0.39, 0.29) is 23.5 Å². The van der Waals surface area contributed by atoms with Crippen LogP contribution in [0.3, 0.4) is 0 Å². The molecule has 0 heterocycles. The largest absolute Gasteiger partial charge is 0.489 e. The molecule has 2 rings (SSSR count). The van der Waals surface area contributed by atoms with Gasteiger partial charge in [-0.05, 0) is 42.2 Å². The van der Waals surface area contributed by atoms with Gasteiger partial charge in [-0.2, -0.15) is 0 Å².